The molecular formula is C16H15ClO2. The largest absolute Gasteiger partial charge is 0.370 e. The molecule has 19 heavy (non-hydrogen) atoms. The van der Waals surface area contributed by atoms with Gasteiger partial charge in [0.2, 0.25) is 0 Å². The first-order valence-electron chi connectivity index (χ1n) is 6.51. The van der Waals surface area contributed by atoms with E-state index in [1.807, 2.05) is 24.3 Å². The average Bonchev–Trinajstić information content (AvgIpc) is 2.85. The zero-order valence-electron chi connectivity index (χ0n) is 10.7. The van der Waals surface area contributed by atoms with Crippen molar-refractivity contribution in [2.75, 3.05) is 6.61 Å². The van der Waals surface area contributed by atoms with Gasteiger partial charge in [-0.1, -0.05) is 42.8 Å². The number of hydrogen-bond acceptors (Lipinski definition) is 2. The van der Waals surface area contributed by atoms with Crippen LogP contribution >= 0.6 is 11.6 Å². The van der Waals surface area contributed by atoms with Crippen LogP contribution in [0.15, 0.2) is 36.4 Å². The van der Waals surface area contributed by atoms with E-state index in [-0.39, 0.29) is 17.8 Å². The second kappa shape index (κ2) is 4.95. The topological polar surface area (TPSA) is 26.3 Å². The van der Waals surface area contributed by atoms with Gasteiger partial charge in [0.25, 0.3) is 0 Å². The van der Waals surface area contributed by atoms with Gasteiger partial charge in [-0.05, 0) is 29.9 Å². The van der Waals surface area contributed by atoms with E-state index in [4.69, 9.17) is 16.3 Å². The second-order valence-electron chi connectivity index (χ2n) is 5.06. The molecule has 0 radical (unpaired) electrons. The Labute approximate surface area is 117 Å². The van der Waals surface area contributed by atoms with Crippen molar-refractivity contribution >= 4 is 28.2 Å². The van der Waals surface area contributed by atoms with Gasteiger partial charge in [-0.25, -0.2) is 0 Å². The Bertz CT molecular complexity index is 636. The summed E-state index contributed by atoms with van der Waals surface area (Å²) in [5, 5.41) is 2.50. The monoisotopic (exact) mass is 274 g/mol. The first-order chi connectivity index (χ1) is 9.18. The van der Waals surface area contributed by atoms with Crippen LogP contribution in [-0.2, 0) is 4.74 Å². The van der Waals surface area contributed by atoms with Crippen LogP contribution in [0.1, 0.15) is 23.7 Å². The minimum atomic E-state index is -0.315. The molecular weight excluding hydrogens is 260 g/mol. The van der Waals surface area contributed by atoms with Gasteiger partial charge >= 0.3 is 0 Å². The maximum Gasteiger partial charge on any atom is 0.192 e. The molecule has 2 unspecified atom stereocenters. The molecule has 1 heterocycles. The smallest absolute Gasteiger partial charge is 0.192 e. The van der Waals surface area contributed by atoms with Crippen LogP contribution in [0.2, 0.25) is 5.02 Å². The van der Waals surface area contributed by atoms with E-state index in [2.05, 4.69) is 6.92 Å². The maximum absolute atomic E-state index is 12.6. The van der Waals surface area contributed by atoms with Crippen molar-refractivity contribution in [2.24, 2.45) is 5.92 Å². The number of ketones is 1. The zero-order valence-corrected chi connectivity index (χ0v) is 11.5. The van der Waals surface area contributed by atoms with E-state index in [9.17, 15) is 4.79 Å². The third-order valence-electron chi connectivity index (χ3n) is 3.78. The Kier molecular flexibility index (Phi) is 3.29. The van der Waals surface area contributed by atoms with Gasteiger partial charge in [-0.2, -0.15) is 0 Å². The summed E-state index contributed by atoms with van der Waals surface area (Å²) in [5.41, 5.74) is 0.707. The lowest BCUT2D eigenvalue weighted by Gasteiger charge is -2.15. The zero-order chi connectivity index (χ0) is 13.4. The normalized spacial score (nSPS) is 22.8. The van der Waals surface area contributed by atoms with Crippen LogP contribution in [0.3, 0.4) is 0 Å². The fourth-order valence-corrected chi connectivity index (χ4v) is 2.89. The average molecular weight is 275 g/mol. The van der Waals surface area contributed by atoms with Crippen molar-refractivity contribution in [1.29, 1.82) is 0 Å². The molecule has 1 saturated heterocycles. The van der Waals surface area contributed by atoms with E-state index in [0.29, 0.717) is 17.2 Å². The van der Waals surface area contributed by atoms with Gasteiger partial charge in [0, 0.05) is 22.6 Å². The van der Waals surface area contributed by atoms with E-state index >= 15 is 0 Å². The predicted molar refractivity (Wildman–Crippen MR) is 76.8 cm³/mol. The quantitative estimate of drug-likeness (QED) is 0.771. The molecule has 2 nitrogen and oxygen atoms in total. The number of Topliss-reactive ketones (excluding diaryl/α,β-unsaturated/α-hetero) is 1. The van der Waals surface area contributed by atoms with Gasteiger partial charge < -0.3 is 4.74 Å². The van der Waals surface area contributed by atoms with Gasteiger partial charge in [0.15, 0.2) is 5.78 Å². The summed E-state index contributed by atoms with van der Waals surface area (Å²) < 4.78 is 5.58. The number of halogens is 1. The van der Waals surface area contributed by atoms with Crippen LogP contribution in [0.5, 0.6) is 0 Å². The summed E-state index contributed by atoms with van der Waals surface area (Å²) in [6.07, 6.45) is 0.631. The third-order valence-corrected chi connectivity index (χ3v) is 4.11. The highest BCUT2D eigenvalue weighted by Crippen LogP contribution is 2.30. The van der Waals surface area contributed by atoms with Gasteiger partial charge in [-0.3, -0.25) is 4.79 Å². The summed E-state index contributed by atoms with van der Waals surface area (Å²) in [4.78, 5) is 12.6. The minimum absolute atomic E-state index is 0.0675. The summed E-state index contributed by atoms with van der Waals surface area (Å²) >= 11 is 6.18. The molecule has 2 aromatic rings. The highest BCUT2D eigenvalue weighted by Gasteiger charge is 2.32. The fourth-order valence-electron chi connectivity index (χ4n) is 2.66. The number of fused-ring (bicyclic) bond motifs is 1. The molecule has 0 spiro atoms. The van der Waals surface area contributed by atoms with Crippen molar-refractivity contribution in [3.05, 3.63) is 47.0 Å². The van der Waals surface area contributed by atoms with E-state index in [1.54, 1.807) is 12.1 Å². The lowest BCUT2D eigenvalue weighted by molar-refractivity contribution is 0.0581. The molecule has 0 bridgehead atoms. The molecule has 0 amide bonds. The highest BCUT2D eigenvalue weighted by atomic mass is 35.5. The molecule has 0 aliphatic carbocycles. The standard InChI is InChI=1S/C16H15ClO2/c1-10-8-9-19-16(10)15(18)13-6-7-14(17)12-5-3-2-4-11(12)13/h2-7,10,16H,8-9H2,1H3. The van der Waals surface area contributed by atoms with Crippen LogP contribution in [0.4, 0.5) is 0 Å². The van der Waals surface area contributed by atoms with Gasteiger partial charge in [-0.15, -0.1) is 0 Å². The summed E-state index contributed by atoms with van der Waals surface area (Å²) in [6.45, 7) is 2.73. The van der Waals surface area contributed by atoms with E-state index < -0.39 is 0 Å². The predicted octanol–water partition coefficient (Wildman–Crippen LogP) is 4.10. The van der Waals surface area contributed by atoms with Crippen molar-refractivity contribution in [1.82, 2.24) is 0 Å². The Morgan fingerprint density at radius 1 is 1.21 bits per heavy atom. The van der Waals surface area contributed by atoms with Crippen molar-refractivity contribution in [3.63, 3.8) is 0 Å². The Morgan fingerprint density at radius 3 is 2.63 bits per heavy atom. The first-order valence-corrected chi connectivity index (χ1v) is 6.89. The Balaban J connectivity index is 2.10. The minimum Gasteiger partial charge on any atom is -0.370 e. The van der Waals surface area contributed by atoms with Crippen LogP contribution in [-0.4, -0.2) is 18.5 Å². The SMILES string of the molecule is CC1CCOC1C(=O)c1ccc(Cl)c2ccccc12. The van der Waals surface area contributed by atoms with Gasteiger partial charge in [0.05, 0.1) is 0 Å². The summed E-state index contributed by atoms with van der Waals surface area (Å²) in [5.74, 6) is 0.347. The molecule has 0 N–H and O–H groups in total. The molecule has 1 fully saturated rings. The second-order valence-corrected chi connectivity index (χ2v) is 5.47. The molecule has 3 heteroatoms. The number of carbonyl (C=O) groups excluding carboxylic acids is 1. The number of hydrogen-bond donors (Lipinski definition) is 0. The van der Waals surface area contributed by atoms with Crippen molar-refractivity contribution in [3.8, 4) is 0 Å². The third kappa shape index (κ3) is 2.15. The van der Waals surface area contributed by atoms with Gasteiger partial charge in [0.1, 0.15) is 6.10 Å². The lowest BCUT2D eigenvalue weighted by atomic mass is 9.93. The summed E-state index contributed by atoms with van der Waals surface area (Å²) in [7, 11) is 0. The van der Waals surface area contributed by atoms with Crippen LogP contribution in [0.25, 0.3) is 10.8 Å². The first kappa shape index (κ1) is 12.6. The number of rotatable bonds is 2. The molecule has 2 aromatic carbocycles. The summed E-state index contributed by atoms with van der Waals surface area (Å²) in [6, 6.07) is 11.3. The molecule has 2 atom stereocenters. The Hall–Kier alpha value is -1.38. The molecule has 0 aromatic heterocycles. The van der Waals surface area contributed by atoms with Crippen molar-refractivity contribution < 1.29 is 9.53 Å². The molecule has 3 rings (SSSR count). The molecule has 98 valence electrons. The number of carbonyl (C=O) groups is 1. The molecule has 1 aliphatic heterocycles. The Morgan fingerprint density at radius 2 is 1.95 bits per heavy atom. The van der Waals surface area contributed by atoms with Crippen LogP contribution < -0.4 is 0 Å². The molecule has 1 aliphatic rings. The van der Waals surface area contributed by atoms with E-state index in [0.717, 1.165) is 17.2 Å². The van der Waals surface area contributed by atoms with Crippen LogP contribution in [0, 0.1) is 5.92 Å². The maximum atomic E-state index is 12.6. The number of ether oxygens (including phenoxy) is 1. The highest BCUT2D eigenvalue weighted by molar-refractivity contribution is 6.36. The number of benzene rings is 2. The lowest BCUT2D eigenvalue weighted by Crippen LogP contribution is -2.25. The van der Waals surface area contributed by atoms with Crippen molar-refractivity contribution in [2.45, 2.75) is 19.4 Å². The van der Waals surface area contributed by atoms with E-state index in [1.165, 1.54) is 0 Å². The molecule has 0 saturated carbocycles. The fraction of sp³-hybridized carbons (Fsp3) is 0.312.